The molecule has 212 valence electrons. The lowest BCUT2D eigenvalue weighted by Crippen LogP contribution is -2.12. The zero-order valence-corrected chi connectivity index (χ0v) is 25.2. The first kappa shape index (κ1) is 17.9. The molecule has 6 aromatic carbocycles. The van der Waals surface area contributed by atoms with Crippen molar-refractivity contribution in [3.8, 4) is 11.5 Å². The molecule has 6 rings (SSSR count). The Balaban J connectivity index is 1.26. The first-order chi connectivity index (χ1) is 26.2. The third-order valence-electron chi connectivity index (χ3n) is 6.82. The first-order valence-electron chi connectivity index (χ1n) is 19.8. The molecule has 0 saturated carbocycles. The molecular formula is C40H36OP2. The molecule has 0 radical (unpaired) electrons. The molecule has 0 fully saturated rings. The van der Waals surface area contributed by atoms with E-state index in [0.29, 0.717) is 47.0 Å². The van der Waals surface area contributed by atoms with E-state index in [0.717, 1.165) is 22.0 Å². The monoisotopic (exact) mass is 606 g/mol. The summed E-state index contributed by atoms with van der Waals surface area (Å²) in [6.07, 6.45) is 2.20. The molecule has 0 aliphatic rings. The smallest absolute Gasteiger partial charge is 0.127 e. The van der Waals surface area contributed by atoms with Gasteiger partial charge >= 0.3 is 0 Å². The van der Waals surface area contributed by atoms with Gasteiger partial charge in [-0.3, -0.25) is 0 Å². The maximum absolute atomic E-state index is 8.29. The van der Waals surface area contributed by atoms with Crippen LogP contribution in [0.5, 0.6) is 11.5 Å². The van der Waals surface area contributed by atoms with E-state index in [1.807, 2.05) is 48.5 Å². The molecule has 43 heavy (non-hydrogen) atoms. The lowest BCUT2D eigenvalue weighted by molar-refractivity contribution is 0.482. The molecule has 0 N–H and O–H groups in total. The summed E-state index contributed by atoms with van der Waals surface area (Å²) in [5.74, 6) is 1.16. The van der Waals surface area contributed by atoms with Gasteiger partial charge in [0.1, 0.15) is 11.5 Å². The van der Waals surface area contributed by atoms with Crippen molar-refractivity contribution >= 4 is 31.8 Å². The Labute approximate surface area is 275 Å². The SMILES string of the molecule is [2H]c1cc(CCP(Cc2cccc(Oc3cccc(CP(c4cc([2H])c([2H])c([2H])c4)c4cc([2H])c([2H])c([2H])c4)c3)c2)c2cc([2H])c([2H])c([2H])c2)cc([2H])c1[2H]. The van der Waals surface area contributed by atoms with E-state index in [-0.39, 0.29) is 72.5 Å². The predicted octanol–water partition coefficient (Wildman–Crippen LogP) is 9.66. The van der Waals surface area contributed by atoms with Crippen molar-refractivity contribution in [3.05, 3.63) is 186 Å². The van der Waals surface area contributed by atoms with Gasteiger partial charge in [-0.25, -0.2) is 0 Å². The van der Waals surface area contributed by atoms with Crippen LogP contribution in [0.3, 0.4) is 0 Å². The Kier molecular flexibility index (Phi) is 6.23. The van der Waals surface area contributed by atoms with Gasteiger partial charge in [0.15, 0.2) is 0 Å². The van der Waals surface area contributed by atoms with Gasteiger partial charge in [0.2, 0.25) is 0 Å². The van der Waals surface area contributed by atoms with E-state index >= 15 is 0 Å². The van der Waals surface area contributed by atoms with Crippen molar-refractivity contribution in [2.75, 3.05) is 6.16 Å². The van der Waals surface area contributed by atoms with Crippen LogP contribution in [0.4, 0.5) is 0 Å². The molecule has 0 aliphatic carbocycles. The summed E-state index contributed by atoms with van der Waals surface area (Å²) >= 11 is 0. The average Bonchev–Trinajstić information content (AvgIpc) is 3.14. The highest BCUT2D eigenvalue weighted by Gasteiger charge is 2.16. The fourth-order valence-electron chi connectivity index (χ4n) is 4.74. The van der Waals surface area contributed by atoms with Crippen LogP contribution in [0.2, 0.25) is 0 Å². The van der Waals surface area contributed by atoms with Crippen molar-refractivity contribution in [2.45, 2.75) is 18.7 Å². The Morgan fingerprint density at radius 1 is 0.465 bits per heavy atom. The van der Waals surface area contributed by atoms with Crippen LogP contribution in [0.1, 0.15) is 33.1 Å². The molecule has 0 heterocycles. The van der Waals surface area contributed by atoms with Crippen LogP contribution in [-0.4, -0.2) is 6.16 Å². The van der Waals surface area contributed by atoms with Crippen LogP contribution in [-0.2, 0) is 18.7 Å². The maximum atomic E-state index is 8.29. The van der Waals surface area contributed by atoms with E-state index in [4.69, 9.17) is 21.2 Å². The highest BCUT2D eigenvalue weighted by atomic mass is 31.1. The molecule has 1 nitrogen and oxygen atoms in total. The Morgan fingerprint density at radius 3 is 1.47 bits per heavy atom. The van der Waals surface area contributed by atoms with Crippen LogP contribution in [0.15, 0.2) is 170 Å². The summed E-state index contributed by atoms with van der Waals surface area (Å²) in [4.78, 5) is 0. The zero-order valence-electron chi connectivity index (χ0n) is 35.4. The van der Waals surface area contributed by atoms with Crippen LogP contribution in [0, 0.1) is 0 Å². The number of rotatable bonds is 12. The second-order valence-corrected chi connectivity index (χ2v) is 14.4. The molecule has 1 atom stereocenters. The van der Waals surface area contributed by atoms with E-state index in [1.54, 1.807) is 48.5 Å². The average molecular weight is 607 g/mol. The molecule has 0 spiro atoms. The number of benzene rings is 6. The molecule has 6 aromatic rings. The quantitative estimate of drug-likeness (QED) is 0.126. The van der Waals surface area contributed by atoms with E-state index < -0.39 is 15.8 Å². The van der Waals surface area contributed by atoms with Crippen LogP contribution in [0.25, 0.3) is 0 Å². The van der Waals surface area contributed by atoms with E-state index in [9.17, 15) is 0 Å². The van der Waals surface area contributed by atoms with Crippen molar-refractivity contribution in [3.63, 3.8) is 0 Å². The fraction of sp³-hybridized carbons (Fsp3) is 0.100. The summed E-state index contributed by atoms with van der Waals surface area (Å²) in [7, 11) is -2.32. The van der Waals surface area contributed by atoms with Crippen molar-refractivity contribution in [1.82, 2.24) is 0 Å². The van der Waals surface area contributed by atoms with E-state index in [2.05, 4.69) is 0 Å². The summed E-state index contributed by atoms with van der Waals surface area (Å²) in [6, 6.07) is 27.0. The van der Waals surface area contributed by atoms with Crippen LogP contribution >= 0.6 is 15.8 Å². The van der Waals surface area contributed by atoms with Gasteiger partial charge in [0.05, 0.1) is 16.4 Å². The Hall–Kier alpha value is -4.02. The van der Waals surface area contributed by atoms with Gasteiger partial charge in [-0.05, 0) is 83.5 Å². The van der Waals surface area contributed by atoms with Gasteiger partial charge in [-0.1, -0.05) is 153 Å². The maximum Gasteiger partial charge on any atom is 0.127 e. The second kappa shape index (κ2) is 14.9. The summed E-state index contributed by atoms with van der Waals surface area (Å²) in [5, 5.41) is 2.13. The van der Waals surface area contributed by atoms with Gasteiger partial charge in [-0.15, -0.1) is 0 Å². The van der Waals surface area contributed by atoms with Crippen molar-refractivity contribution in [2.24, 2.45) is 0 Å². The molecule has 0 amide bonds. The lowest BCUT2D eigenvalue weighted by atomic mass is 10.2. The van der Waals surface area contributed by atoms with Crippen LogP contribution < -0.4 is 20.7 Å². The Morgan fingerprint density at radius 2 is 0.930 bits per heavy atom. The third-order valence-corrected chi connectivity index (χ3v) is 11.8. The highest BCUT2D eigenvalue weighted by Crippen LogP contribution is 2.41. The minimum absolute atomic E-state index is 0.00333. The number of aryl methyl sites for hydroxylation is 1. The fourth-order valence-corrected chi connectivity index (χ4v) is 9.10. The highest BCUT2D eigenvalue weighted by molar-refractivity contribution is 7.72. The number of hydrogen-bond acceptors (Lipinski definition) is 1. The van der Waals surface area contributed by atoms with Gasteiger partial charge in [0, 0.05) is 6.16 Å². The first-order valence-corrected chi connectivity index (χ1v) is 17.1. The number of hydrogen-bond donors (Lipinski definition) is 0. The lowest BCUT2D eigenvalue weighted by Gasteiger charge is -2.20. The normalized spacial score (nSPS) is 15.7. The minimum atomic E-state index is -1.33. The number of ether oxygens (including phenoxy) is 1. The summed E-state index contributed by atoms with van der Waals surface area (Å²) in [6.45, 7) is 0. The molecule has 1 unspecified atom stereocenters. The molecule has 0 aliphatic heterocycles. The molecule has 0 saturated heterocycles. The zero-order chi connectivity index (χ0) is 39.6. The minimum Gasteiger partial charge on any atom is -0.457 e. The topological polar surface area (TPSA) is 9.23 Å². The predicted molar refractivity (Wildman–Crippen MR) is 187 cm³/mol. The summed E-state index contributed by atoms with van der Waals surface area (Å²) < 4.78 is 104. The van der Waals surface area contributed by atoms with Gasteiger partial charge in [0.25, 0.3) is 0 Å². The Bertz CT molecular complexity index is 2240. The van der Waals surface area contributed by atoms with Crippen molar-refractivity contribution < 1.29 is 21.2 Å². The second-order valence-electron chi connectivity index (χ2n) is 9.81. The van der Waals surface area contributed by atoms with Crippen molar-refractivity contribution in [1.29, 1.82) is 0 Å². The van der Waals surface area contributed by atoms with Gasteiger partial charge < -0.3 is 4.74 Å². The molecule has 3 heteroatoms. The molecule has 0 aromatic heterocycles. The molecular weight excluding hydrogens is 558 g/mol. The standard InChI is InChI=1S/C40H36OP2/c1-5-15-33(16-6-1)27-28-42(38-21-7-2-8-22-38)31-34-17-13-19-36(29-34)41-37-20-14-18-35(30-37)32-43(39-23-9-3-10-24-39)40-25-11-4-12-26-40/h1-26,29-30H,27-28,31-32H2/i1D,2D,3D,4D,5D,6D,7D,8D,9D,10D,11D,12D. The third kappa shape index (κ3) is 8.30. The van der Waals surface area contributed by atoms with Gasteiger partial charge in [-0.2, -0.15) is 0 Å². The largest absolute Gasteiger partial charge is 0.457 e. The summed E-state index contributed by atoms with van der Waals surface area (Å²) in [5.41, 5.74) is 2.62. The molecule has 0 bridgehead atoms. The van der Waals surface area contributed by atoms with E-state index in [1.165, 1.54) is 0 Å².